The van der Waals surface area contributed by atoms with Crippen LogP contribution in [0.5, 0.6) is 0 Å². The van der Waals surface area contributed by atoms with Gasteiger partial charge in [-0.05, 0) is 23.2 Å². The first-order chi connectivity index (χ1) is 8.54. The van der Waals surface area contributed by atoms with Gasteiger partial charge in [-0.2, -0.15) is 11.8 Å². The fourth-order valence-corrected chi connectivity index (χ4v) is 2.72. The van der Waals surface area contributed by atoms with Gasteiger partial charge in [-0.1, -0.05) is 58.4 Å². The fraction of sp³-hybridized carbons (Fsp3) is 0.562. The molecule has 0 aliphatic rings. The van der Waals surface area contributed by atoms with Crippen molar-refractivity contribution >= 4 is 17.5 Å². The van der Waals surface area contributed by atoms with Crippen LogP contribution in [-0.4, -0.2) is 17.3 Å². The summed E-state index contributed by atoms with van der Waals surface area (Å²) in [4.78, 5) is 12.0. The van der Waals surface area contributed by atoms with Gasteiger partial charge in [0.25, 0.3) is 0 Å². The van der Waals surface area contributed by atoms with Crippen LogP contribution in [-0.2, 0) is 0 Å². The summed E-state index contributed by atoms with van der Waals surface area (Å²) in [5.74, 6) is 3.15. The molecule has 0 heterocycles. The second-order valence-corrected chi connectivity index (χ2v) is 6.26. The molecule has 1 rings (SSSR count). The summed E-state index contributed by atoms with van der Waals surface area (Å²) in [5, 5.41) is 0. The molecule has 0 aliphatic heterocycles. The number of ketones is 1. The summed E-state index contributed by atoms with van der Waals surface area (Å²) in [6, 6.07) is 8.05. The number of Topliss-reactive ketones (excluding diaryl/α,β-unsaturated/α-hetero) is 1. The van der Waals surface area contributed by atoms with Crippen molar-refractivity contribution in [2.45, 2.75) is 40.0 Å². The fourth-order valence-electron chi connectivity index (χ4n) is 1.61. The Hall–Kier alpha value is -0.760. The lowest BCUT2D eigenvalue weighted by atomic mass is 10.0. The van der Waals surface area contributed by atoms with E-state index in [-0.39, 0.29) is 5.78 Å². The summed E-state index contributed by atoms with van der Waals surface area (Å²) >= 11 is 1.75. The molecule has 0 amide bonds. The summed E-state index contributed by atoms with van der Waals surface area (Å²) in [6.07, 6.45) is 1.18. The van der Waals surface area contributed by atoms with Crippen molar-refractivity contribution in [2.24, 2.45) is 5.92 Å². The number of benzene rings is 1. The maximum Gasteiger partial charge on any atom is 0.172 e. The highest BCUT2D eigenvalue weighted by atomic mass is 32.2. The highest BCUT2D eigenvalue weighted by Gasteiger charge is 2.08. The Kier molecular flexibility index (Phi) is 6.48. The monoisotopic (exact) mass is 264 g/mol. The minimum atomic E-state index is 0.249. The van der Waals surface area contributed by atoms with Crippen LogP contribution in [0.4, 0.5) is 0 Å². The van der Waals surface area contributed by atoms with Crippen molar-refractivity contribution in [2.75, 3.05) is 11.5 Å². The highest BCUT2D eigenvalue weighted by Crippen LogP contribution is 2.17. The minimum Gasteiger partial charge on any atom is -0.293 e. The molecule has 1 atom stereocenters. The van der Waals surface area contributed by atoms with E-state index in [0.29, 0.717) is 17.6 Å². The Morgan fingerprint density at radius 1 is 1.17 bits per heavy atom. The molecular weight excluding hydrogens is 240 g/mol. The molecule has 1 aromatic carbocycles. The normalized spacial score (nSPS) is 12.7. The maximum atomic E-state index is 12.0. The van der Waals surface area contributed by atoms with E-state index in [1.165, 1.54) is 12.0 Å². The predicted molar refractivity (Wildman–Crippen MR) is 81.6 cm³/mol. The van der Waals surface area contributed by atoms with Crippen LogP contribution in [0.2, 0.25) is 0 Å². The topological polar surface area (TPSA) is 17.1 Å². The first-order valence-electron chi connectivity index (χ1n) is 6.75. The molecule has 0 spiro atoms. The van der Waals surface area contributed by atoms with Crippen LogP contribution in [0.25, 0.3) is 0 Å². The average molecular weight is 264 g/mol. The summed E-state index contributed by atoms with van der Waals surface area (Å²) in [7, 11) is 0. The smallest absolute Gasteiger partial charge is 0.172 e. The van der Waals surface area contributed by atoms with Crippen LogP contribution in [0.3, 0.4) is 0 Å². The molecule has 1 aromatic rings. The third kappa shape index (κ3) is 4.85. The summed E-state index contributed by atoms with van der Waals surface area (Å²) < 4.78 is 0. The Morgan fingerprint density at radius 2 is 1.78 bits per heavy atom. The van der Waals surface area contributed by atoms with Gasteiger partial charge in [-0.25, -0.2) is 0 Å². The molecule has 0 N–H and O–H groups in total. The lowest BCUT2D eigenvalue weighted by Crippen LogP contribution is -2.05. The standard InChI is InChI=1S/C16H24OS/c1-5-13(4)10-18-11-16(17)15-8-6-14(7-9-15)12(2)3/h6-9,12-13H,5,10-11H2,1-4H3. The molecule has 1 unspecified atom stereocenters. The van der Waals surface area contributed by atoms with E-state index in [0.717, 1.165) is 11.3 Å². The molecule has 1 nitrogen and oxygen atoms in total. The summed E-state index contributed by atoms with van der Waals surface area (Å²) in [6.45, 7) is 8.75. The van der Waals surface area contributed by atoms with Crippen molar-refractivity contribution in [1.29, 1.82) is 0 Å². The molecule has 18 heavy (non-hydrogen) atoms. The number of hydrogen-bond donors (Lipinski definition) is 0. The minimum absolute atomic E-state index is 0.249. The van der Waals surface area contributed by atoms with Crippen molar-refractivity contribution in [1.82, 2.24) is 0 Å². The molecule has 0 aromatic heterocycles. The van der Waals surface area contributed by atoms with Crippen molar-refractivity contribution in [3.63, 3.8) is 0 Å². The Balaban J connectivity index is 2.46. The zero-order chi connectivity index (χ0) is 13.5. The van der Waals surface area contributed by atoms with Crippen LogP contribution >= 0.6 is 11.8 Å². The second-order valence-electron chi connectivity index (χ2n) is 5.23. The van der Waals surface area contributed by atoms with E-state index >= 15 is 0 Å². The van der Waals surface area contributed by atoms with E-state index in [9.17, 15) is 4.79 Å². The van der Waals surface area contributed by atoms with Crippen molar-refractivity contribution in [3.05, 3.63) is 35.4 Å². The molecule has 0 radical (unpaired) electrons. The maximum absolute atomic E-state index is 12.0. The van der Waals surface area contributed by atoms with Crippen LogP contribution in [0.15, 0.2) is 24.3 Å². The lowest BCUT2D eigenvalue weighted by molar-refractivity contribution is 0.102. The van der Waals surface area contributed by atoms with Gasteiger partial charge in [0.15, 0.2) is 5.78 Å². The first kappa shape index (κ1) is 15.3. The summed E-state index contributed by atoms with van der Waals surface area (Å²) in [5.41, 5.74) is 2.13. The average Bonchev–Trinajstić information content (AvgIpc) is 2.38. The van der Waals surface area contributed by atoms with Gasteiger partial charge in [0.2, 0.25) is 0 Å². The Bertz CT molecular complexity index is 367. The van der Waals surface area contributed by atoms with E-state index in [4.69, 9.17) is 0 Å². The third-order valence-corrected chi connectivity index (χ3v) is 4.50. The molecule has 2 heteroatoms. The third-order valence-electron chi connectivity index (χ3n) is 3.23. The Labute approximate surface area is 115 Å². The number of rotatable bonds is 7. The van der Waals surface area contributed by atoms with E-state index in [1.807, 2.05) is 12.1 Å². The number of carbonyl (C=O) groups is 1. The molecule has 0 bridgehead atoms. The predicted octanol–water partition coefficient (Wildman–Crippen LogP) is 4.77. The van der Waals surface area contributed by atoms with Crippen molar-refractivity contribution in [3.8, 4) is 0 Å². The highest BCUT2D eigenvalue weighted by molar-refractivity contribution is 7.99. The number of thioether (sulfide) groups is 1. The second kappa shape index (κ2) is 7.63. The van der Waals surface area contributed by atoms with Gasteiger partial charge in [-0.3, -0.25) is 4.79 Å². The van der Waals surface area contributed by atoms with Gasteiger partial charge in [0.05, 0.1) is 5.75 Å². The number of carbonyl (C=O) groups excluding carboxylic acids is 1. The molecule has 0 aliphatic carbocycles. The van der Waals surface area contributed by atoms with E-state index in [1.54, 1.807) is 11.8 Å². The van der Waals surface area contributed by atoms with Gasteiger partial charge < -0.3 is 0 Å². The lowest BCUT2D eigenvalue weighted by Gasteiger charge is -2.08. The van der Waals surface area contributed by atoms with E-state index in [2.05, 4.69) is 39.8 Å². The Morgan fingerprint density at radius 3 is 2.28 bits per heavy atom. The van der Waals surface area contributed by atoms with E-state index < -0.39 is 0 Å². The van der Waals surface area contributed by atoms with Crippen LogP contribution < -0.4 is 0 Å². The van der Waals surface area contributed by atoms with Crippen molar-refractivity contribution < 1.29 is 4.79 Å². The molecular formula is C16H24OS. The SMILES string of the molecule is CCC(C)CSCC(=O)c1ccc(C(C)C)cc1. The largest absolute Gasteiger partial charge is 0.293 e. The van der Waals surface area contributed by atoms with Gasteiger partial charge in [-0.15, -0.1) is 0 Å². The molecule has 100 valence electrons. The quantitative estimate of drug-likeness (QED) is 0.660. The van der Waals surface area contributed by atoms with Crippen LogP contribution in [0, 0.1) is 5.92 Å². The molecule has 0 saturated carbocycles. The molecule has 0 saturated heterocycles. The zero-order valence-electron chi connectivity index (χ0n) is 11.9. The van der Waals surface area contributed by atoms with Gasteiger partial charge in [0, 0.05) is 5.56 Å². The first-order valence-corrected chi connectivity index (χ1v) is 7.91. The molecule has 0 fully saturated rings. The number of hydrogen-bond acceptors (Lipinski definition) is 2. The van der Waals surface area contributed by atoms with Gasteiger partial charge >= 0.3 is 0 Å². The zero-order valence-corrected chi connectivity index (χ0v) is 12.7. The van der Waals surface area contributed by atoms with Gasteiger partial charge in [0.1, 0.15) is 0 Å². The van der Waals surface area contributed by atoms with Crippen LogP contribution in [0.1, 0.15) is 56.0 Å².